The summed E-state index contributed by atoms with van der Waals surface area (Å²) < 4.78 is 18.6. The van der Waals surface area contributed by atoms with E-state index in [0.717, 1.165) is 0 Å². The molecule has 0 aliphatic carbocycles. The fraction of sp³-hybridized carbons (Fsp3) is 0.333. The van der Waals surface area contributed by atoms with E-state index in [0.29, 0.717) is 37.2 Å². The Bertz CT molecular complexity index is 957. The van der Waals surface area contributed by atoms with Crippen molar-refractivity contribution in [1.82, 2.24) is 0 Å². The summed E-state index contributed by atoms with van der Waals surface area (Å²) in [6.07, 6.45) is 0.936. The molecule has 1 aliphatic rings. The third-order valence-corrected chi connectivity index (χ3v) is 5.05. The van der Waals surface area contributed by atoms with Crippen molar-refractivity contribution in [2.24, 2.45) is 5.92 Å². The topological polar surface area (TPSA) is 102 Å². The number of hydrogen-bond acceptors (Lipinski definition) is 6. The fourth-order valence-electron chi connectivity index (χ4n) is 3.36. The van der Waals surface area contributed by atoms with Crippen LogP contribution in [0.4, 0.5) is 21.5 Å². The van der Waals surface area contributed by atoms with Crippen LogP contribution in [0.5, 0.6) is 0 Å². The number of aryl methyl sites for hydroxylation is 1. The van der Waals surface area contributed by atoms with Crippen LogP contribution in [0.15, 0.2) is 42.5 Å². The van der Waals surface area contributed by atoms with Crippen LogP contribution < -0.4 is 10.2 Å². The van der Waals surface area contributed by atoms with Crippen molar-refractivity contribution in [2.45, 2.75) is 19.8 Å². The maximum Gasteiger partial charge on any atom is 0.309 e. The molecule has 1 aliphatic heterocycles. The number of piperidine rings is 1. The Morgan fingerprint density at radius 2 is 1.93 bits per heavy atom. The summed E-state index contributed by atoms with van der Waals surface area (Å²) in [7, 11) is 0. The molecule has 3 rings (SSSR count). The summed E-state index contributed by atoms with van der Waals surface area (Å²) in [6, 6.07) is 10.8. The van der Waals surface area contributed by atoms with E-state index in [4.69, 9.17) is 4.74 Å². The van der Waals surface area contributed by atoms with Crippen LogP contribution in [0.25, 0.3) is 0 Å². The van der Waals surface area contributed by atoms with Crippen molar-refractivity contribution in [3.05, 3.63) is 64.0 Å². The smallest absolute Gasteiger partial charge is 0.309 e. The zero-order chi connectivity index (χ0) is 21.7. The summed E-state index contributed by atoms with van der Waals surface area (Å²) in [4.78, 5) is 36.9. The first-order valence-corrected chi connectivity index (χ1v) is 9.56. The molecule has 0 atom stereocenters. The maximum absolute atomic E-state index is 13.5. The van der Waals surface area contributed by atoms with E-state index in [2.05, 4.69) is 5.32 Å². The summed E-state index contributed by atoms with van der Waals surface area (Å²) in [5.74, 6) is -1.85. The molecule has 9 heteroatoms. The molecule has 2 aromatic carbocycles. The standard InChI is InChI=1S/C21H22FN3O5/c1-14-6-7-16(12-17(14)22)23-20(26)13-30-21(27)15-8-10-24(11-9-15)18-4-2-3-5-19(18)25(28)29/h2-7,12,15H,8-11,13H2,1H3,(H,23,26). The van der Waals surface area contributed by atoms with E-state index in [1.165, 1.54) is 12.1 Å². The quantitative estimate of drug-likeness (QED) is 0.441. The Morgan fingerprint density at radius 1 is 1.23 bits per heavy atom. The number of anilines is 2. The van der Waals surface area contributed by atoms with Crippen LogP contribution in [-0.4, -0.2) is 36.5 Å². The van der Waals surface area contributed by atoms with Crippen LogP contribution in [0.1, 0.15) is 18.4 Å². The third-order valence-electron chi connectivity index (χ3n) is 5.05. The average Bonchev–Trinajstić information content (AvgIpc) is 2.74. The number of rotatable bonds is 6. The number of amides is 1. The molecule has 0 spiro atoms. The van der Waals surface area contributed by atoms with Gasteiger partial charge in [-0.15, -0.1) is 0 Å². The number of nitro groups is 1. The summed E-state index contributed by atoms with van der Waals surface area (Å²) in [5, 5.41) is 13.7. The predicted octanol–water partition coefficient (Wildman–Crippen LogP) is 3.44. The number of carbonyl (C=O) groups is 2. The van der Waals surface area contributed by atoms with Gasteiger partial charge in [-0.25, -0.2) is 4.39 Å². The molecular formula is C21H22FN3O5. The van der Waals surface area contributed by atoms with E-state index in [1.54, 1.807) is 37.3 Å². The van der Waals surface area contributed by atoms with Crippen LogP contribution in [0, 0.1) is 28.8 Å². The van der Waals surface area contributed by atoms with E-state index in [1.807, 2.05) is 4.90 Å². The largest absolute Gasteiger partial charge is 0.455 e. The van der Waals surface area contributed by atoms with Gasteiger partial charge in [0.2, 0.25) is 0 Å². The maximum atomic E-state index is 13.5. The van der Waals surface area contributed by atoms with E-state index in [-0.39, 0.29) is 17.3 Å². The van der Waals surface area contributed by atoms with E-state index >= 15 is 0 Å². The summed E-state index contributed by atoms with van der Waals surface area (Å²) in [6.45, 7) is 2.10. The molecule has 0 radical (unpaired) electrons. The van der Waals surface area contributed by atoms with Crippen molar-refractivity contribution in [1.29, 1.82) is 0 Å². The van der Waals surface area contributed by atoms with Gasteiger partial charge in [0.15, 0.2) is 6.61 Å². The van der Waals surface area contributed by atoms with Gasteiger partial charge in [-0.2, -0.15) is 0 Å². The lowest BCUT2D eigenvalue weighted by Gasteiger charge is -2.32. The number of nitro benzene ring substituents is 1. The minimum Gasteiger partial charge on any atom is -0.455 e. The number of nitrogens with zero attached hydrogens (tertiary/aromatic N) is 2. The second-order valence-corrected chi connectivity index (χ2v) is 7.13. The van der Waals surface area contributed by atoms with Gasteiger partial charge in [-0.3, -0.25) is 19.7 Å². The molecule has 1 saturated heterocycles. The van der Waals surface area contributed by atoms with Gasteiger partial charge >= 0.3 is 5.97 Å². The zero-order valence-corrected chi connectivity index (χ0v) is 16.5. The van der Waals surface area contributed by atoms with Gasteiger partial charge < -0.3 is 15.0 Å². The Kier molecular flexibility index (Phi) is 6.61. The van der Waals surface area contributed by atoms with Crippen molar-refractivity contribution in [2.75, 3.05) is 29.9 Å². The number of halogens is 1. The first kappa shape index (κ1) is 21.2. The summed E-state index contributed by atoms with van der Waals surface area (Å²) in [5.41, 5.74) is 1.31. The van der Waals surface area contributed by atoms with E-state index in [9.17, 15) is 24.1 Å². The second kappa shape index (κ2) is 9.34. The first-order valence-electron chi connectivity index (χ1n) is 9.56. The number of para-hydroxylation sites is 2. The molecule has 1 fully saturated rings. The number of esters is 1. The fourth-order valence-corrected chi connectivity index (χ4v) is 3.36. The predicted molar refractivity (Wildman–Crippen MR) is 109 cm³/mol. The van der Waals surface area contributed by atoms with Gasteiger partial charge in [0.05, 0.1) is 10.8 Å². The SMILES string of the molecule is Cc1ccc(NC(=O)COC(=O)C2CCN(c3ccccc3[N+](=O)[O-])CC2)cc1F. The monoisotopic (exact) mass is 415 g/mol. The molecule has 8 nitrogen and oxygen atoms in total. The van der Waals surface area contributed by atoms with Gasteiger partial charge in [0.25, 0.3) is 11.6 Å². The molecular weight excluding hydrogens is 393 g/mol. The lowest BCUT2D eigenvalue weighted by atomic mass is 9.96. The first-order chi connectivity index (χ1) is 14.3. The Morgan fingerprint density at radius 3 is 2.60 bits per heavy atom. The number of benzene rings is 2. The Labute approximate surface area is 172 Å². The molecule has 0 saturated carbocycles. The van der Waals surface area contributed by atoms with Gasteiger partial charge in [-0.05, 0) is 43.5 Å². The van der Waals surface area contributed by atoms with Gasteiger partial charge in [-0.1, -0.05) is 18.2 Å². The molecule has 1 heterocycles. The highest BCUT2D eigenvalue weighted by Gasteiger charge is 2.29. The second-order valence-electron chi connectivity index (χ2n) is 7.13. The van der Waals surface area contributed by atoms with Crippen molar-refractivity contribution >= 4 is 28.9 Å². The Balaban J connectivity index is 1.48. The highest BCUT2D eigenvalue weighted by molar-refractivity contribution is 5.93. The molecule has 1 amide bonds. The lowest BCUT2D eigenvalue weighted by molar-refractivity contribution is -0.384. The summed E-state index contributed by atoms with van der Waals surface area (Å²) >= 11 is 0. The minimum atomic E-state index is -0.552. The zero-order valence-electron chi connectivity index (χ0n) is 16.5. The number of ether oxygens (including phenoxy) is 1. The molecule has 30 heavy (non-hydrogen) atoms. The number of nitrogens with one attached hydrogen (secondary N) is 1. The van der Waals surface area contributed by atoms with Gasteiger partial charge in [0.1, 0.15) is 11.5 Å². The van der Waals surface area contributed by atoms with Gasteiger partial charge in [0, 0.05) is 24.8 Å². The molecule has 0 unspecified atom stereocenters. The highest BCUT2D eigenvalue weighted by atomic mass is 19.1. The van der Waals surface area contributed by atoms with Crippen molar-refractivity contribution < 1.29 is 23.6 Å². The van der Waals surface area contributed by atoms with Crippen molar-refractivity contribution in [3.63, 3.8) is 0 Å². The molecule has 0 bridgehead atoms. The van der Waals surface area contributed by atoms with Crippen LogP contribution in [0.2, 0.25) is 0 Å². The minimum absolute atomic E-state index is 0.0303. The van der Waals surface area contributed by atoms with Crippen LogP contribution >= 0.6 is 0 Å². The molecule has 2 aromatic rings. The Hall–Kier alpha value is -3.49. The van der Waals surface area contributed by atoms with Crippen LogP contribution in [-0.2, 0) is 14.3 Å². The average molecular weight is 415 g/mol. The normalized spacial score (nSPS) is 14.3. The van der Waals surface area contributed by atoms with E-state index < -0.39 is 29.2 Å². The van der Waals surface area contributed by atoms with Crippen LogP contribution in [0.3, 0.4) is 0 Å². The number of carbonyl (C=O) groups excluding carboxylic acids is 2. The number of hydrogen-bond donors (Lipinski definition) is 1. The molecule has 0 aromatic heterocycles. The highest BCUT2D eigenvalue weighted by Crippen LogP contribution is 2.31. The molecule has 1 N–H and O–H groups in total. The third kappa shape index (κ3) is 5.11. The molecule has 158 valence electrons. The van der Waals surface area contributed by atoms with Crippen molar-refractivity contribution in [3.8, 4) is 0 Å². The lowest BCUT2D eigenvalue weighted by Crippen LogP contribution is -2.37.